The molecule has 0 bridgehead atoms. The van der Waals surface area contributed by atoms with Crippen molar-refractivity contribution >= 4 is 35.5 Å². The highest BCUT2D eigenvalue weighted by molar-refractivity contribution is 8.03. The molecular weight excluding hydrogens is 412 g/mol. The van der Waals surface area contributed by atoms with E-state index in [0.717, 1.165) is 0 Å². The molecule has 2 fully saturated rings. The van der Waals surface area contributed by atoms with Gasteiger partial charge in [-0.25, -0.2) is 4.79 Å². The Morgan fingerprint density at radius 3 is 2.50 bits per heavy atom. The van der Waals surface area contributed by atoms with E-state index in [1.807, 2.05) is 6.92 Å². The van der Waals surface area contributed by atoms with E-state index in [1.165, 1.54) is 16.7 Å². The van der Waals surface area contributed by atoms with E-state index >= 15 is 0 Å². The van der Waals surface area contributed by atoms with Crippen LogP contribution < -0.4 is 5.32 Å². The molecule has 0 aliphatic carbocycles. The van der Waals surface area contributed by atoms with E-state index in [-0.39, 0.29) is 34.7 Å². The van der Waals surface area contributed by atoms with E-state index in [1.54, 1.807) is 27.7 Å². The molecule has 9 nitrogen and oxygen atoms in total. The van der Waals surface area contributed by atoms with Crippen molar-refractivity contribution in [3.05, 3.63) is 10.6 Å². The van der Waals surface area contributed by atoms with Gasteiger partial charge in [-0.1, -0.05) is 6.92 Å². The Labute approximate surface area is 179 Å². The Morgan fingerprint density at radius 1 is 1.30 bits per heavy atom. The predicted octanol–water partition coefficient (Wildman–Crippen LogP) is 0.767. The van der Waals surface area contributed by atoms with Crippen LogP contribution >= 0.6 is 11.8 Å². The maximum atomic E-state index is 12.9. The lowest BCUT2D eigenvalue weighted by molar-refractivity contribution is -0.175. The van der Waals surface area contributed by atoms with E-state index in [9.17, 15) is 24.3 Å². The third-order valence-corrected chi connectivity index (χ3v) is 7.01. The number of nitrogens with one attached hydrogen (secondary N) is 1. The first-order valence-electron chi connectivity index (χ1n) is 9.96. The van der Waals surface area contributed by atoms with Gasteiger partial charge in [0.2, 0.25) is 18.6 Å². The first-order chi connectivity index (χ1) is 13.9. The number of hydrogen-bond acceptors (Lipinski definition) is 8. The minimum atomic E-state index is -0.842. The summed E-state index contributed by atoms with van der Waals surface area (Å²) in [5, 5.41) is 12.7. The fourth-order valence-electron chi connectivity index (χ4n) is 3.93. The number of esters is 2. The zero-order valence-corrected chi connectivity index (χ0v) is 18.6. The van der Waals surface area contributed by atoms with Crippen LogP contribution in [-0.4, -0.2) is 64.5 Å². The van der Waals surface area contributed by atoms with Gasteiger partial charge in [-0.2, -0.15) is 0 Å². The van der Waals surface area contributed by atoms with Crippen molar-refractivity contribution in [2.75, 3.05) is 13.3 Å². The summed E-state index contributed by atoms with van der Waals surface area (Å²) in [6.45, 7) is 8.42. The molecule has 0 radical (unpaired) electrons. The van der Waals surface area contributed by atoms with Gasteiger partial charge < -0.3 is 24.8 Å². The molecule has 3 heterocycles. The van der Waals surface area contributed by atoms with Gasteiger partial charge in [0.05, 0.1) is 23.5 Å². The van der Waals surface area contributed by atoms with Crippen LogP contribution in [0.2, 0.25) is 0 Å². The maximum Gasteiger partial charge on any atom is 0.358 e. The summed E-state index contributed by atoms with van der Waals surface area (Å²) in [7, 11) is 0. The number of amides is 2. The molecule has 3 aliphatic rings. The lowest BCUT2D eigenvalue weighted by atomic mass is 9.79. The number of aliphatic hydroxyl groups is 1. The first kappa shape index (κ1) is 22.6. The maximum absolute atomic E-state index is 12.9. The number of rotatable bonds is 6. The average molecular weight is 441 g/mol. The first-order valence-corrected chi connectivity index (χ1v) is 10.8. The summed E-state index contributed by atoms with van der Waals surface area (Å²) in [6, 6.07) is -0.343. The van der Waals surface area contributed by atoms with Gasteiger partial charge in [-0.15, -0.1) is 11.8 Å². The second-order valence-corrected chi connectivity index (χ2v) is 10.3. The number of ether oxygens (including phenoxy) is 2. The summed E-state index contributed by atoms with van der Waals surface area (Å²) in [5.74, 6) is -2.45. The number of thioether (sulfide) groups is 1. The van der Waals surface area contributed by atoms with Crippen molar-refractivity contribution in [2.45, 2.75) is 58.4 Å². The van der Waals surface area contributed by atoms with Crippen LogP contribution in [0.15, 0.2) is 10.6 Å². The van der Waals surface area contributed by atoms with Gasteiger partial charge in [0.15, 0.2) is 0 Å². The fourth-order valence-corrected chi connectivity index (χ4v) is 5.34. The zero-order valence-electron chi connectivity index (χ0n) is 17.8. The number of carbonyl (C=O) groups excluding carboxylic acids is 4. The van der Waals surface area contributed by atoms with Gasteiger partial charge in [0, 0.05) is 29.0 Å². The number of aliphatic hydroxyl groups excluding tert-OH is 1. The predicted molar refractivity (Wildman–Crippen MR) is 108 cm³/mol. The highest BCUT2D eigenvalue weighted by Gasteiger charge is 2.60. The van der Waals surface area contributed by atoms with Crippen molar-refractivity contribution in [1.29, 1.82) is 0 Å². The van der Waals surface area contributed by atoms with Crippen LogP contribution in [0.4, 0.5) is 0 Å². The molecule has 5 atom stereocenters. The number of nitrogens with zero attached hydrogens (tertiary/aromatic N) is 1. The smallest absolute Gasteiger partial charge is 0.358 e. The number of carbonyl (C=O) groups is 4. The second-order valence-electron chi connectivity index (χ2n) is 8.95. The van der Waals surface area contributed by atoms with Crippen molar-refractivity contribution in [3.8, 4) is 0 Å². The van der Waals surface area contributed by atoms with Crippen molar-refractivity contribution in [1.82, 2.24) is 10.2 Å². The van der Waals surface area contributed by atoms with Gasteiger partial charge in [-0.3, -0.25) is 14.4 Å². The summed E-state index contributed by atoms with van der Waals surface area (Å²) in [6.07, 6.45) is -0.518. The van der Waals surface area contributed by atoms with E-state index in [4.69, 9.17) is 9.47 Å². The molecule has 2 N–H and O–H groups in total. The van der Waals surface area contributed by atoms with Crippen molar-refractivity contribution < 1.29 is 33.8 Å². The molecule has 0 aromatic carbocycles. The molecular formula is C20H28N2O7S. The average Bonchev–Trinajstić information content (AvgIpc) is 3.14. The standard InChI is InChI=1S/C20H28N2O7S/c1-9-14-13(10(2)23)17(25)22(14)15(16(9)30-11-6-12(24)21-7-11)18(26)28-8-29-19(27)20(3,4)5/h9-11,13-14,23H,6-8H2,1-5H3,(H,21,24)/t9-,10-,11?,13-,14+/m1/s1. The largest absolute Gasteiger partial charge is 0.427 e. The Bertz CT molecular complexity index is 801. The molecule has 30 heavy (non-hydrogen) atoms. The molecule has 0 spiro atoms. The second kappa shape index (κ2) is 8.22. The highest BCUT2D eigenvalue weighted by atomic mass is 32.2. The Balaban J connectivity index is 1.78. The molecule has 10 heteroatoms. The molecule has 0 aromatic heterocycles. The quantitative estimate of drug-likeness (QED) is 0.353. The Morgan fingerprint density at radius 2 is 1.97 bits per heavy atom. The minimum Gasteiger partial charge on any atom is -0.427 e. The van der Waals surface area contributed by atoms with Crippen LogP contribution in [0.3, 0.4) is 0 Å². The third kappa shape index (κ3) is 4.07. The van der Waals surface area contributed by atoms with Crippen molar-refractivity contribution in [3.63, 3.8) is 0 Å². The molecule has 3 aliphatic heterocycles. The van der Waals surface area contributed by atoms with Gasteiger partial charge >= 0.3 is 11.9 Å². The normalized spacial score (nSPS) is 29.3. The van der Waals surface area contributed by atoms with Crippen LogP contribution in [-0.2, 0) is 28.7 Å². The molecule has 1 unspecified atom stereocenters. The topological polar surface area (TPSA) is 122 Å². The van der Waals surface area contributed by atoms with E-state index in [2.05, 4.69) is 5.32 Å². The zero-order chi connectivity index (χ0) is 22.4. The van der Waals surface area contributed by atoms with Crippen LogP contribution in [0.5, 0.6) is 0 Å². The summed E-state index contributed by atoms with van der Waals surface area (Å²) < 4.78 is 10.2. The van der Waals surface area contributed by atoms with Crippen LogP contribution in [0.1, 0.15) is 41.0 Å². The van der Waals surface area contributed by atoms with Crippen LogP contribution in [0, 0.1) is 17.3 Å². The Kier molecular flexibility index (Phi) is 6.20. The lowest BCUT2D eigenvalue weighted by Crippen LogP contribution is -2.63. The monoisotopic (exact) mass is 440 g/mol. The molecule has 2 amide bonds. The number of β-lactam (4-membered cyclic amide) rings is 1. The van der Waals surface area contributed by atoms with Gasteiger partial charge in [0.1, 0.15) is 5.70 Å². The fraction of sp³-hybridized carbons (Fsp3) is 0.700. The van der Waals surface area contributed by atoms with Gasteiger partial charge in [-0.05, 0) is 27.7 Å². The van der Waals surface area contributed by atoms with Gasteiger partial charge in [0.25, 0.3) is 0 Å². The number of fused-ring (bicyclic) bond motifs is 1. The SMILES string of the molecule is C[C@@H](O)[C@H]1C(=O)N2C(C(=O)OCOC(=O)C(C)(C)C)=C(SC3CNC(=O)C3)[C@H](C)[C@@H]12. The Hall–Kier alpha value is -2.07. The lowest BCUT2D eigenvalue weighted by Gasteiger charge is -2.46. The summed E-state index contributed by atoms with van der Waals surface area (Å²) >= 11 is 1.38. The number of hydrogen-bond donors (Lipinski definition) is 2. The summed E-state index contributed by atoms with van der Waals surface area (Å²) in [5.41, 5.74) is -0.620. The highest BCUT2D eigenvalue weighted by Crippen LogP contribution is 2.51. The third-order valence-electron chi connectivity index (χ3n) is 5.53. The summed E-state index contributed by atoms with van der Waals surface area (Å²) in [4.78, 5) is 51.0. The molecule has 0 saturated carbocycles. The van der Waals surface area contributed by atoms with E-state index < -0.39 is 36.2 Å². The molecule has 0 aromatic rings. The van der Waals surface area contributed by atoms with Crippen molar-refractivity contribution in [2.24, 2.45) is 17.3 Å². The van der Waals surface area contributed by atoms with Crippen LogP contribution in [0.25, 0.3) is 0 Å². The van der Waals surface area contributed by atoms with E-state index in [0.29, 0.717) is 17.9 Å². The molecule has 2 saturated heterocycles. The minimum absolute atomic E-state index is 0.0572. The molecule has 166 valence electrons. The molecule has 3 rings (SSSR count).